The molecule has 1 aliphatic carbocycles. The number of rotatable bonds is 6. The summed E-state index contributed by atoms with van der Waals surface area (Å²) in [4.78, 5) is 2.42. The highest BCUT2D eigenvalue weighted by molar-refractivity contribution is 7.26. The second-order valence-electron chi connectivity index (χ2n) is 15.6. The summed E-state index contributed by atoms with van der Waals surface area (Å²) in [5, 5.41) is 7.79. The molecule has 1 aromatic heterocycles. The van der Waals surface area contributed by atoms with E-state index in [0.29, 0.717) is 0 Å². The van der Waals surface area contributed by atoms with Gasteiger partial charge in [-0.15, -0.1) is 11.3 Å². The standard InChI is InChI=1S/C57H37NS/c1-3-13-38(14-4-1)39-25-30-44(31-26-39)58(46-34-36-54-51(37-46)50-35-27-41-24-23-40-15-7-8-18-47(40)55(41)56(50)59-54)45-32-28-43(29-33-45)57(42-16-5-2-6-17-42)52-21-11-9-19-48(52)49-20-10-12-22-53(49)57/h1-37H. The van der Waals surface area contributed by atoms with Crippen LogP contribution < -0.4 is 4.90 Å². The van der Waals surface area contributed by atoms with Gasteiger partial charge in [0.05, 0.1) is 5.41 Å². The van der Waals surface area contributed by atoms with Crippen LogP contribution in [0.15, 0.2) is 224 Å². The Balaban J connectivity index is 1.05. The largest absolute Gasteiger partial charge is 0.310 e. The first-order valence-corrected chi connectivity index (χ1v) is 21.2. The molecule has 12 rings (SSSR count). The molecule has 0 N–H and O–H groups in total. The van der Waals surface area contributed by atoms with E-state index >= 15 is 0 Å². The topological polar surface area (TPSA) is 3.24 Å². The number of benzene rings is 10. The van der Waals surface area contributed by atoms with E-state index in [0.717, 1.165) is 17.1 Å². The molecule has 2 heteroatoms. The van der Waals surface area contributed by atoms with Crippen molar-refractivity contribution in [3.63, 3.8) is 0 Å². The van der Waals surface area contributed by atoms with Crippen LogP contribution >= 0.6 is 11.3 Å². The summed E-state index contributed by atoms with van der Waals surface area (Å²) in [6, 6.07) is 82.9. The molecule has 1 aliphatic rings. The first-order chi connectivity index (χ1) is 29.3. The van der Waals surface area contributed by atoms with Crippen LogP contribution in [0.5, 0.6) is 0 Å². The second kappa shape index (κ2) is 13.4. The summed E-state index contributed by atoms with van der Waals surface area (Å²) in [6.07, 6.45) is 0. The molecular formula is C57H37NS. The van der Waals surface area contributed by atoms with E-state index in [2.05, 4.69) is 229 Å². The first kappa shape index (κ1) is 33.8. The zero-order valence-corrected chi connectivity index (χ0v) is 33.0. The van der Waals surface area contributed by atoms with E-state index in [9.17, 15) is 0 Å². The van der Waals surface area contributed by atoms with Crippen molar-refractivity contribution in [1.82, 2.24) is 0 Å². The number of hydrogen-bond acceptors (Lipinski definition) is 2. The fourth-order valence-electron chi connectivity index (χ4n) is 9.90. The maximum absolute atomic E-state index is 2.42. The molecule has 0 atom stereocenters. The number of hydrogen-bond donors (Lipinski definition) is 0. The van der Waals surface area contributed by atoms with Crippen LogP contribution in [0.2, 0.25) is 0 Å². The smallest absolute Gasteiger partial charge is 0.0713 e. The van der Waals surface area contributed by atoms with Crippen LogP contribution in [0.4, 0.5) is 17.1 Å². The molecule has 1 heterocycles. The quantitative estimate of drug-likeness (QED) is 0.152. The Morgan fingerprint density at radius 2 is 0.898 bits per heavy atom. The van der Waals surface area contributed by atoms with E-state index in [1.165, 1.54) is 86.2 Å². The number of thiophene rings is 1. The Morgan fingerprint density at radius 1 is 0.356 bits per heavy atom. The van der Waals surface area contributed by atoms with Gasteiger partial charge in [0.25, 0.3) is 0 Å². The van der Waals surface area contributed by atoms with Gasteiger partial charge in [-0.1, -0.05) is 182 Å². The third-order valence-electron chi connectivity index (χ3n) is 12.5. The van der Waals surface area contributed by atoms with Crippen molar-refractivity contribution in [3.8, 4) is 22.3 Å². The number of fused-ring (bicyclic) bond motifs is 10. The van der Waals surface area contributed by atoms with E-state index in [1.54, 1.807) is 0 Å². The van der Waals surface area contributed by atoms with Crippen LogP contribution in [-0.2, 0) is 5.41 Å². The minimum Gasteiger partial charge on any atom is -0.310 e. The van der Waals surface area contributed by atoms with Crippen molar-refractivity contribution >= 4 is 70.1 Å². The maximum Gasteiger partial charge on any atom is 0.0713 e. The second-order valence-corrected chi connectivity index (χ2v) is 16.7. The fraction of sp³-hybridized carbons (Fsp3) is 0.0175. The zero-order valence-electron chi connectivity index (χ0n) is 32.2. The lowest BCUT2D eigenvalue weighted by molar-refractivity contribution is 0.768. The van der Waals surface area contributed by atoms with Gasteiger partial charge in [0.2, 0.25) is 0 Å². The van der Waals surface area contributed by atoms with Crippen molar-refractivity contribution in [1.29, 1.82) is 0 Å². The fourth-order valence-corrected chi connectivity index (χ4v) is 11.2. The summed E-state index contributed by atoms with van der Waals surface area (Å²) in [6.45, 7) is 0. The highest BCUT2D eigenvalue weighted by Gasteiger charge is 2.45. The van der Waals surface area contributed by atoms with E-state index in [-0.39, 0.29) is 0 Å². The zero-order chi connectivity index (χ0) is 38.9. The van der Waals surface area contributed by atoms with Gasteiger partial charge in [-0.2, -0.15) is 0 Å². The maximum atomic E-state index is 2.42. The third kappa shape index (κ3) is 5.17. The lowest BCUT2D eigenvalue weighted by atomic mass is 9.68. The summed E-state index contributed by atoms with van der Waals surface area (Å²) in [5.74, 6) is 0. The number of anilines is 3. The van der Waals surface area contributed by atoms with Crippen molar-refractivity contribution < 1.29 is 0 Å². The van der Waals surface area contributed by atoms with Crippen LogP contribution in [0.3, 0.4) is 0 Å². The Hall–Kier alpha value is -7.26. The van der Waals surface area contributed by atoms with Gasteiger partial charge in [-0.3, -0.25) is 0 Å². The van der Waals surface area contributed by atoms with Crippen LogP contribution in [0.1, 0.15) is 22.3 Å². The Kier molecular flexibility index (Phi) is 7.69. The summed E-state index contributed by atoms with van der Waals surface area (Å²) < 4.78 is 2.64. The SMILES string of the molecule is c1ccc(-c2ccc(N(c3ccc(C4(c5ccccc5)c5ccccc5-c5ccccc54)cc3)c3ccc4sc5c(ccc6ccc7ccccc7c65)c4c3)cc2)cc1. The van der Waals surface area contributed by atoms with Gasteiger partial charge in [-0.05, 0) is 103 Å². The summed E-state index contributed by atoms with van der Waals surface area (Å²) in [7, 11) is 0. The average Bonchev–Trinajstić information content (AvgIpc) is 3.84. The Labute approximate surface area is 347 Å². The predicted molar refractivity (Wildman–Crippen MR) is 252 cm³/mol. The average molecular weight is 768 g/mol. The lowest BCUT2D eigenvalue weighted by Crippen LogP contribution is -2.28. The van der Waals surface area contributed by atoms with Crippen LogP contribution in [-0.4, -0.2) is 0 Å². The molecule has 0 saturated carbocycles. The molecule has 1 nitrogen and oxygen atoms in total. The van der Waals surface area contributed by atoms with Crippen molar-refractivity contribution in [2.75, 3.05) is 4.90 Å². The molecule has 0 fully saturated rings. The highest BCUT2D eigenvalue weighted by atomic mass is 32.1. The molecule has 0 bridgehead atoms. The molecule has 0 saturated heterocycles. The third-order valence-corrected chi connectivity index (χ3v) is 13.7. The normalized spacial score (nSPS) is 12.9. The van der Waals surface area contributed by atoms with Gasteiger partial charge in [-0.25, -0.2) is 0 Å². The molecule has 0 radical (unpaired) electrons. The van der Waals surface area contributed by atoms with Gasteiger partial charge >= 0.3 is 0 Å². The molecule has 10 aromatic carbocycles. The highest BCUT2D eigenvalue weighted by Crippen LogP contribution is 2.56. The molecule has 11 aromatic rings. The Bertz CT molecular complexity index is 3320. The molecule has 0 unspecified atom stereocenters. The van der Waals surface area contributed by atoms with E-state index < -0.39 is 5.41 Å². The van der Waals surface area contributed by atoms with Gasteiger partial charge < -0.3 is 4.90 Å². The lowest BCUT2D eigenvalue weighted by Gasteiger charge is -2.34. The van der Waals surface area contributed by atoms with Gasteiger partial charge in [0.15, 0.2) is 0 Å². The monoisotopic (exact) mass is 767 g/mol. The molecule has 276 valence electrons. The van der Waals surface area contributed by atoms with Crippen molar-refractivity contribution in [2.24, 2.45) is 0 Å². The molecule has 0 spiro atoms. The molecule has 0 amide bonds. The predicted octanol–water partition coefficient (Wildman–Crippen LogP) is 15.9. The first-order valence-electron chi connectivity index (χ1n) is 20.3. The minimum absolute atomic E-state index is 0.448. The van der Waals surface area contributed by atoms with Crippen LogP contribution in [0.25, 0.3) is 64.0 Å². The van der Waals surface area contributed by atoms with Crippen molar-refractivity contribution in [3.05, 3.63) is 247 Å². The van der Waals surface area contributed by atoms with Crippen molar-refractivity contribution in [2.45, 2.75) is 5.41 Å². The molecule has 59 heavy (non-hydrogen) atoms. The summed E-state index contributed by atoms with van der Waals surface area (Å²) >= 11 is 1.90. The molecular weight excluding hydrogens is 731 g/mol. The van der Waals surface area contributed by atoms with Crippen LogP contribution in [0, 0.1) is 0 Å². The van der Waals surface area contributed by atoms with Gasteiger partial charge in [0, 0.05) is 42.6 Å². The summed E-state index contributed by atoms with van der Waals surface area (Å²) in [5.41, 5.74) is 13.1. The van der Waals surface area contributed by atoms with E-state index in [1.807, 2.05) is 11.3 Å². The number of nitrogens with zero attached hydrogens (tertiary/aromatic N) is 1. The van der Waals surface area contributed by atoms with E-state index in [4.69, 9.17) is 0 Å². The molecule has 0 aliphatic heterocycles. The Morgan fingerprint density at radius 3 is 1.63 bits per heavy atom. The van der Waals surface area contributed by atoms with Gasteiger partial charge in [0.1, 0.15) is 0 Å². The minimum atomic E-state index is -0.448.